The van der Waals surface area contributed by atoms with Crippen molar-refractivity contribution >= 4 is 40.4 Å². The Kier molecular flexibility index (Phi) is 4.08. The first-order valence-electron chi connectivity index (χ1n) is 5.13. The van der Waals surface area contributed by atoms with Crippen LogP contribution in [0.1, 0.15) is 23.2 Å². The Morgan fingerprint density at radius 1 is 1.56 bits per heavy atom. The van der Waals surface area contributed by atoms with Crippen molar-refractivity contribution in [3.05, 3.63) is 20.3 Å². The summed E-state index contributed by atoms with van der Waals surface area (Å²) in [5.74, 6) is -0.137. The van der Waals surface area contributed by atoms with Crippen molar-refractivity contribution < 1.29 is 4.79 Å². The van der Waals surface area contributed by atoms with E-state index in [1.165, 1.54) is 11.3 Å². The lowest BCUT2D eigenvalue weighted by atomic mass is 10.1. The van der Waals surface area contributed by atoms with Crippen LogP contribution in [0.5, 0.6) is 0 Å². The SMILES string of the molecule is O=C(N[C@H]1CCCNC1)c1cc(Cl)sc1Cl. The van der Waals surface area contributed by atoms with Gasteiger partial charge in [-0.15, -0.1) is 11.3 Å². The highest BCUT2D eigenvalue weighted by Crippen LogP contribution is 2.31. The molecule has 2 N–H and O–H groups in total. The Hall–Kier alpha value is -0.290. The number of amides is 1. The fraction of sp³-hybridized carbons (Fsp3) is 0.500. The molecule has 2 heterocycles. The molecule has 2 rings (SSSR count). The molecule has 16 heavy (non-hydrogen) atoms. The van der Waals surface area contributed by atoms with Crippen molar-refractivity contribution in [1.29, 1.82) is 0 Å². The highest BCUT2D eigenvalue weighted by Gasteiger charge is 2.19. The van der Waals surface area contributed by atoms with Crippen LogP contribution >= 0.6 is 34.5 Å². The molecular formula is C10H12Cl2N2OS. The second-order valence-corrected chi connectivity index (χ2v) is 6.04. The van der Waals surface area contributed by atoms with Crippen LogP contribution in [-0.4, -0.2) is 25.0 Å². The smallest absolute Gasteiger partial charge is 0.253 e. The third-order valence-corrected chi connectivity index (χ3v) is 4.02. The average Bonchev–Trinajstić information content (AvgIpc) is 2.59. The topological polar surface area (TPSA) is 41.1 Å². The van der Waals surface area contributed by atoms with E-state index in [0.29, 0.717) is 14.2 Å². The fourth-order valence-corrected chi connectivity index (χ4v) is 3.19. The van der Waals surface area contributed by atoms with E-state index in [1.807, 2.05) is 0 Å². The summed E-state index contributed by atoms with van der Waals surface area (Å²) in [7, 11) is 0. The van der Waals surface area contributed by atoms with E-state index in [0.717, 1.165) is 25.9 Å². The molecule has 6 heteroatoms. The van der Waals surface area contributed by atoms with Crippen molar-refractivity contribution in [3.63, 3.8) is 0 Å². The van der Waals surface area contributed by atoms with Crippen LogP contribution in [0.3, 0.4) is 0 Å². The fourth-order valence-electron chi connectivity index (χ4n) is 1.73. The second kappa shape index (κ2) is 5.36. The number of hydrogen-bond donors (Lipinski definition) is 2. The van der Waals surface area contributed by atoms with E-state index < -0.39 is 0 Å². The van der Waals surface area contributed by atoms with Gasteiger partial charge in [-0.2, -0.15) is 0 Å². The Balaban J connectivity index is 1.99. The largest absolute Gasteiger partial charge is 0.348 e. The molecule has 88 valence electrons. The van der Waals surface area contributed by atoms with E-state index in [1.54, 1.807) is 6.07 Å². The lowest BCUT2D eigenvalue weighted by Crippen LogP contribution is -2.45. The van der Waals surface area contributed by atoms with Gasteiger partial charge in [0, 0.05) is 12.6 Å². The predicted octanol–water partition coefficient (Wildman–Crippen LogP) is 2.54. The van der Waals surface area contributed by atoms with Gasteiger partial charge in [0.05, 0.1) is 9.90 Å². The number of nitrogens with one attached hydrogen (secondary N) is 2. The molecule has 1 saturated heterocycles. The van der Waals surface area contributed by atoms with Gasteiger partial charge < -0.3 is 10.6 Å². The maximum absolute atomic E-state index is 11.9. The number of piperidine rings is 1. The van der Waals surface area contributed by atoms with Crippen LogP contribution < -0.4 is 10.6 Å². The van der Waals surface area contributed by atoms with Crippen LogP contribution in [0, 0.1) is 0 Å². The van der Waals surface area contributed by atoms with Crippen molar-refractivity contribution in [3.8, 4) is 0 Å². The van der Waals surface area contributed by atoms with Gasteiger partial charge >= 0.3 is 0 Å². The number of rotatable bonds is 2. The number of thiophene rings is 1. The molecule has 0 bridgehead atoms. The summed E-state index contributed by atoms with van der Waals surface area (Å²) in [6.07, 6.45) is 2.09. The first kappa shape index (κ1) is 12.2. The third-order valence-electron chi connectivity index (χ3n) is 2.53. The van der Waals surface area contributed by atoms with Crippen molar-refractivity contribution in [2.24, 2.45) is 0 Å². The van der Waals surface area contributed by atoms with Crippen LogP contribution in [0.15, 0.2) is 6.07 Å². The zero-order valence-electron chi connectivity index (χ0n) is 8.56. The minimum Gasteiger partial charge on any atom is -0.348 e. The van der Waals surface area contributed by atoms with E-state index in [-0.39, 0.29) is 11.9 Å². The molecule has 0 aromatic carbocycles. The summed E-state index contributed by atoms with van der Waals surface area (Å²) in [6.45, 7) is 1.85. The summed E-state index contributed by atoms with van der Waals surface area (Å²) in [5.41, 5.74) is 0.474. The molecule has 1 aliphatic rings. The number of carbonyl (C=O) groups excluding carboxylic acids is 1. The molecule has 1 amide bonds. The minimum atomic E-state index is -0.137. The molecular weight excluding hydrogens is 267 g/mol. The Labute approximate surface area is 108 Å². The molecule has 1 aromatic rings. The van der Waals surface area contributed by atoms with Crippen LogP contribution in [0.4, 0.5) is 0 Å². The molecule has 1 aromatic heterocycles. The summed E-state index contributed by atoms with van der Waals surface area (Å²) in [6, 6.07) is 1.80. The summed E-state index contributed by atoms with van der Waals surface area (Å²) in [5, 5.41) is 6.19. The molecule has 0 unspecified atom stereocenters. The van der Waals surface area contributed by atoms with Crippen LogP contribution in [0.2, 0.25) is 8.67 Å². The highest BCUT2D eigenvalue weighted by atomic mass is 35.5. The van der Waals surface area contributed by atoms with E-state index in [9.17, 15) is 4.79 Å². The molecule has 1 aliphatic heterocycles. The van der Waals surface area contributed by atoms with Crippen LogP contribution in [-0.2, 0) is 0 Å². The minimum absolute atomic E-state index is 0.137. The zero-order chi connectivity index (χ0) is 11.5. The number of halogens is 2. The Morgan fingerprint density at radius 2 is 2.38 bits per heavy atom. The van der Waals surface area contributed by atoms with Gasteiger partial charge in [0.25, 0.3) is 5.91 Å². The molecule has 0 radical (unpaired) electrons. The molecule has 0 aliphatic carbocycles. The second-order valence-electron chi connectivity index (χ2n) is 3.75. The van der Waals surface area contributed by atoms with Gasteiger partial charge in [0.2, 0.25) is 0 Å². The molecule has 0 saturated carbocycles. The summed E-state index contributed by atoms with van der Waals surface area (Å²) < 4.78 is 0.989. The number of carbonyl (C=O) groups is 1. The quantitative estimate of drug-likeness (QED) is 0.873. The molecule has 1 atom stereocenters. The van der Waals surface area contributed by atoms with E-state index >= 15 is 0 Å². The predicted molar refractivity (Wildman–Crippen MR) is 67.7 cm³/mol. The Bertz CT molecular complexity index is 388. The van der Waals surface area contributed by atoms with Crippen molar-refractivity contribution in [1.82, 2.24) is 10.6 Å². The van der Waals surface area contributed by atoms with E-state index in [4.69, 9.17) is 23.2 Å². The van der Waals surface area contributed by atoms with Crippen LogP contribution in [0.25, 0.3) is 0 Å². The number of hydrogen-bond acceptors (Lipinski definition) is 3. The van der Waals surface area contributed by atoms with Crippen molar-refractivity contribution in [2.75, 3.05) is 13.1 Å². The standard InChI is InChI=1S/C10H12Cl2N2OS/c11-8-4-7(9(12)16-8)10(15)14-6-2-1-3-13-5-6/h4,6,13H,1-3,5H2,(H,14,15)/t6-/m0/s1. The summed E-state index contributed by atoms with van der Waals surface area (Å²) in [4.78, 5) is 11.9. The highest BCUT2D eigenvalue weighted by molar-refractivity contribution is 7.20. The Morgan fingerprint density at radius 3 is 2.94 bits per heavy atom. The van der Waals surface area contributed by atoms with Gasteiger partial charge in [-0.05, 0) is 25.5 Å². The average molecular weight is 279 g/mol. The van der Waals surface area contributed by atoms with E-state index in [2.05, 4.69) is 10.6 Å². The lowest BCUT2D eigenvalue weighted by Gasteiger charge is -2.23. The summed E-state index contributed by atoms with van der Waals surface area (Å²) >= 11 is 12.9. The maximum atomic E-state index is 11.9. The van der Waals surface area contributed by atoms with Crippen molar-refractivity contribution in [2.45, 2.75) is 18.9 Å². The molecule has 1 fully saturated rings. The lowest BCUT2D eigenvalue weighted by molar-refractivity contribution is 0.0931. The van der Waals surface area contributed by atoms with Gasteiger partial charge in [0.1, 0.15) is 4.34 Å². The molecule has 0 spiro atoms. The normalized spacial score (nSPS) is 20.8. The first-order valence-corrected chi connectivity index (χ1v) is 6.70. The first-order chi connectivity index (χ1) is 7.66. The third kappa shape index (κ3) is 2.88. The van der Waals surface area contributed by atoms with Gasteiger partial charge in [-0.3, -0.25) is 4.79 Å². The van der Waals surface area contributed by atoms with Gasteiger partial charge in [-0.1, -0.05) is 23.2 Å². The monoisotopic (exact) mass is 278 g/mol. The maximum Gasteiger partial charge on any atom is 0.253 e. The van der Waals surface area contributed by atoms with Gasteiger partial charge in [-0.25, -0.2) is 0 Å². The zero-order valence-corrected chi connectivity index (χ0v) is 10.9. The molecule has 3 nitrogen and oxygen atoms in total. The van der Waals surface area contributed by atoms with Gasteiger partial charge in [0.15, 0.2) is 0 Å².